The van der Waals surface area contributed by atoms with Crippen LogP contribution in [0.25, 0.3) is 10.9 Å². The Labute approximate surface area is 235 Å². The number of carbonyl (C=O) groups excluding carboxylic acids is 2. The molecule has 0 unspecified atom stereocenters. The number of nitrogens with zero attached hydrogens (tertiary/aromatic N) is 4. The number of benzene rings is 2. The van der Waals surface area contributed by atoms with Gasteiger partial charge >= 0.3 is 0 Å². The summed E-state index contributed by atoms with van der Waals surface area (Å²) in [4.78, 5) is 45.7. The fourth-order valence-corrected chi connectivity index (χ4v) is 4.34. The van der Waals surface area contributed by atoms with Gasteiger partial charge in [0, 0.05) is 37.2 Å². The highest BCUT2D eigenvalue weighted by Gasteiger charge is 2.17. The van der Waals surface area contributed by atoms with Crippen molar-refractivity contribution in [1.29, 1.82) is 0 Å². The molecule has 4 aromatic rings. The summed E-state index contributed by atoms with van der Waals surface area (Å²) in [5.41, 5.74) is 5.88. The zero-order valence-electron chi connectivity index (χ0n) is 22.4. The molecule has 2 amide bonds. The Bertz CT molecular complexity index is 1700. The second-order valence-corrected chi connectivity index (χ2v) is 9.32. The number of anilines is 1. The Hall–Kier alpha value is -5.11. The molecule has 3 heterocycles. The number of halogens is 2. The van der Waals surface area contributed by atoms with E-state index < -0.39 is 23.1 Å². The number of rotatable bonds is 5. The Morgan fingerprint density at radius 1 is 1.05 bits per heavy atom. The Morgan fingerprint density at radius 2 is 1.80 bits per heavy atom. The lowest BCUT2D eigenvalue weighted by atomic mass is 10.1. The first kappa shape index (κ1) is 28.9. The third kappa shape index (κ3) is 7.51. The summed E-state index contributed by atoms with van der Waals surface area (Å²) in [6.45, 7) is 3.28. The largest absolute Gasteiger partial charge is 0.370 e. The van der Waals surface area contributed by atoms with Crippen molar-refractivity contribution in [2.24, 2.45) is 5.73 Å². The number of hydrogen-bond acceptors (Lipinski definition) is 6. The van der Waals surface area contributed by atoms with Crippen LogP contribution in [0.1, 0.15) is 41.3 Å². The van der Waals surface area contributed by atoms with Crippen LogP contribution >= 0.6 is 0 Å². The van der Waals surface area contributed by atoms with Gasteiger partial charge < -0.3 is 20.5 Å². The van der Waals surface area contributed by atoms with Crippen molar-refractivity contribution in [2.45, 2.75) is 26.3 Å². The topological polar surface area (TPSA) is 123 Å². The molecule has 9 nitrogen and oxygen atoms in total. The van der Waals surface area contributed by atoms with E-state index in [1.807, 2.05) is 18.2 Å². The minimum atomic E-state index is -0.996. The molecule has 0 spiro atoms. The summed E-state index contributed by atoms with van der Waals surface area (Å²) in [5, 5.41) is 3.58. The SMILES string of the molecule is CC(N)=O.O=C(NCC#Cc1ccc2ncnc(N3CCCC3)c2c1)c1cccn(Cc2ccc(F)c(F)c2)c1=O. The van der Waals surface area contributed by atoms with Gasteiger partial charge in [0.15, 0.2) is 11.6 Å². The molecule has 2 aromatic heterocycles. The molecule has 0 atom stereocenters. The van der Waals surface area contributed by atoms with Crippen LogP contribution in [0, 0.1) is 23.5 Å². The van der Waals surface area contributed by atoms with Crippen LogP contribution in [-0.4, -0.2) is 46.0 Å². The summed E-state index contributed by atoms with van der Waals surface area (Å²) in [5.74, 6) is 4.01. The molecule has 41 heavy (non-hydrogen) atoms. The van der Waals surface area contributed by atoms with Crippen molar-refractivity contribution >= 4 is 28.5 Å². The number of pyridine rings is 1. The highest BCUT2D eigenvalue weighted by molar-refractivity contribution is 5.94. The number of fused-ring (bicyclic) bond motifs is 1. The lowest BCUT2D eigenvalue weighted by molar-refractivity contribution is -0.115. The number of nitrogens with two attached hydrogens (primary N) is 1. The number of carbonyl (C=O) groups is 2. The van der Waals surface area contributed by atoms with Crippen LogP contribution < -0.4 is 21.5 Å². The van der Waals surface area contributed by atoms with E-state index in [-0.39, 0.29) is 24.6 Å². The smallest absolute Gasteiger partial charge is 0.263 e. The van der Waals surface area contributed by atoms with Gasteiger partial charge in [-0.1, -0.05) is 17.9 Å². The highest BCUT2D eigenvalue weighted by Crippen LogP contribution is 2.26. The van der Waals surface area contributed by atoms with Gasteiger partial charge in [0.1, 0.15) is 17.7 Å². The highest BCUT2D eigenvalue weighted by atomic mass is 19.2. The van der Waals surface area contributed by atoms with E-state index in [1.165, 1.54) is 29.8 Å². The van der Waals surface area contributed by atoms with E-state index in [9.17, 15) is 23.2 Å². The Kier molecular flexibility index (Phi) is 9.37. The zero-order chi connectivity index (χ0) is 29.4. The van der Waals surface area contributed by atoms with Crippen LogP contribution in [0.2, 0.25) is 0 Å². The zero-order valence-corrected chi connectivity index (χ0v) is 22.4. The number of aromatic nitrogens is 3. The minimum Gasteiger partial charge on any atom is -0.370 e. The molecular weight excluding hydrogens is 530 g/mol. The van der Waals surface area contributed by atoms with Crippen LogP contribution in [0.15, 0.2) is 65.8 Å². The number of amides is 2. The Morgan fingerprint density at radius 3 is 2.54 bits per heavy atom. The Balaban J connectivity index is 0.000000909. The van der Waals surface area contributed by atoms with Crippen LogP contribution in [-0.2, 0) is 11.3 Å². The molecule has 0 radical (unpaired) electrons. The van der Waals surface area contributed by atoms with Crippen LogP contribution in [0.4, 0.5) is 14.6 Å². The molecule has 0 bridgehead atoms. The number of primary amides is 1. The molecule has 3 N–H and O–H groups in total. The molecular formula is C30H28F2N6O3. The van der Waals surface area contributed by atoms with E-state index in [0.29, 0.717) is 5.56 Å². The maximum absolute atomic E-state index is 13.5. The van der Waals surface area contributed by atoms with Crippen molar-refractivity contribution in [2.75, 3.05) is 24.5 Å². The first-order valence-electron chi connectivity index (χ1n) is 12.9. The third-order valence-electron chi connectivity index (χ3n) is 6.19. The fourth-order valence-electron chi connectivity index (χ4n) is 4.34. The molecule has 1 aliphatic rings. The molecule has 11 heteroatoms. The van der Waals surface area contributed by atoms with Crippen molar-refractivity contribution in [3.05, 3.63) is 99.7 Å². The van der Waals surface area contributed by atoms with Crippen molar-refractivity contribution < 1.29 is 18.4 Å². The predicted octanol–water partition coefficient (Wildman–Crippen LogP) is 2.99. The first-order valence-corrected chi connectivity index (χ1v) is 12.9. The van der Waals surface area contributed by atoms with Gasteiger partial charge in [0.2, 0.25) is 5.91 Å². The average molecular weight is 559 g/mol. The van der Waals surface area contributed by atoms with E-state index in [2.05, 4.69) is 37.8 Å². The van der Waals surface area contributed by atoms with Gasteiger partial charge in [-0.2, -0.15) is 0 Å². The summed E-state index contributed by atoms with van der Waals surface area (Å²) < 4.78 is 27.9. The van der Waals surface area contributed by atoms with Crippen molar-refractivity contribution in [3.8, 4) is 11.8 Å². The second kappa shape index (κ2) is 13.3. The molecule has 1 fully saturated rings. The van der Waals surface area contributed by atoms with E-state index in [1.54, 1.807) is 12.4 Å². The third-order valence-corrected chi connectivity index (χ3v) is 6.19. The van der Waals surface area contributed by atoms with Gasteiger partial charge in [-0.3, -0.25) is 14.4 Å². The normalized spacial score (nSPS) is 12.2. The number of nitrogens with one attached hydrogen (secondary N) is 1. The maximum Gasteiger partial charge on any atom is 0.263 e. The van der Waals surface area contributed by atoms with E-state index in [0.717, 1.165) is 60.3 Å². The van der Waals surface area contributed by atoms with Gasteiger partial charge in [-0.15, -0.1) is 0 Å². The predicted molar refractivity (Wildman–Crippen MR) is 151 cm³/mol. The number of hydrogen-bond donors (Lipinski definition) is 2. The molecule has 210 valence electrons. The quantitative estimate of drug-likeness (QED) is 0.363. The monoisotopic (exact) mass is 558 g/mol. The fraction of sp³-hybridized carbons (Fsp3) is 0.233. The molecule has 0 aliphatic carbocycles. The first-order chi connectivity index (χ1) is 19.7. The molecule has 1 saturated heterocycles. The van der Waals surface area contributed by atoms with E-state index in [4.69, 9.17) is 0 Å². The van der Waals surface area contributed by atoms with E-state index >= 15 is 0 Å². The van der Waals surface area contributed by atoms with Gasteiger partial charge in [0.05, 0.1) is 18.6 Å². The van der Waals surface area contributed by atoms with Crippen LogP contribution in [0.5, 0.6) is 0 Å². The van der Waals surface area contributed by atoms with Gasteiger partial charge in [-0.05, 0) is 60.9 Å². The standard InChI is InChI=1S/C28H23F2N5O2.C2H5NO/c29-23-9-7-20(16-24(23)30)17-35-14-4-6-21(28(35)37)27(36)31-11-3-5-19-8-10-25-22(15-19)26(33-18-32-25)34-12-1-2-13-34;1-2(3)4/h4,6-10,14-16,18H,1-2,11-13,17H2,(H,31,36);1H3,(H2,3,4). The van der Waals surface area contributed by atoms with Crippen LogP contribution in [0.3, 0.4) is 0 Å². The lowest BCUT2D eigenvalue weighted by Crippen LogP contribution is -2.33. The summed E-state index contributed by atoms with van der Waals surface area (Å²) >= 11 is 0. The maximum atomic E-state index is 13.5. The van der Waals surface area contributed by atoms with Gasteiger partial charge in [0.25, 0.3) is 11.5 Å². The molecule has 1 aliphatic heterocycles. The lowest BCUT2D eigenvalue weighted by Gasteiger charge is -2.17. The van der Waals surface area contributed by atoms with Gasteiger partial charge in [-0.25, -0.2) is 18.7 Å². The molecule has 0 saturated carbocycles. The second-order valence-electron chi connectivity index (χ2n) is 9.32. The van der Waals surface area contributed by atoms with Crippen molar-refractivity contribution in [3.63, 3.8) is 0 Å². The summed E-state index contributed by atoms with van der Waals surface area (Å²) in [6, 6.07) is 12.1. The summed E-state index contributed by atoms with van der Waals surface area (Å²) in [6.07, 6.45) is 5.34. The minimum absolute atomic E-state index is 0.00204. The molecule has 5 rings (SSSR count). The molecule has 2 aromatic carbocycles. The average Bonchev–Trinajstić information content (AvgIpc) is 3.48. The summed E-state index contributed by atoms with van der Waals surface area (Å²) in [7, 11) is 0. The van der Waals surface area contributed by atoms with Crippen molar-refractivity contribution in [1.82, 2.24) is 19.9 Å².